The maximum Gasteiger partial charge on any atom is 0.407 e. The third-order valence-corrected chi connectivity index (χ3v) is 3.68. The Morgan fingerprint density at radius 1 is 1.00 bits per heavy atom. The highest BCUT2D eigenvalue weighted by Crippen LogP contribution is 2.12. The van der Waals surface area contributed by atoms with Crippen molar-refractivity contribution in [3.63, 3.8) is 0 Å². The molecule has 0 spiro atoms. The zero-order chi connectivity index (χ0) is 18.7. The van der Waals surface area contributed by atoms with Crippen molar-refractivity contribution in [3.8, 4) is 0 Å². The highest BCUT2D eigenvalue weighted by molar-refractivity contribution is 5.90. The van der Waals surface area contributed by atoms with Crippen LogP contribution in [0.2, 0.25) is 0 Å². The number of amides is 2. The van der Waals surface area contributed by atoms with Crippen molar-refractivity contribution in [1.82, 2.24) is 5.32 Å². The first-order valence-corrected chi connectivity index (χ1v) is 9.16. The van der Waals surface area contributed by atoms with E-state index in [4.69, 9.17) is 4.74 Å². The lowest BCUT2D eigenvalue weighted by Crippen LogP contribution is -2.25. The van der Waals surface area contributed by atoms with Gasteiger partial charge >= 0.3 is 6.09 Å². The first-order valence-electron chi connectivity index (χ1n) is 9.16. The molecule has 0 aliphatic carbocycles. The van der Waals surface area contributed by atoms with Gasteiger partial charge in [0.2, 0.25) is 5.91 Å². The number of ether oxygens (including phenoxy) is 1. The second-order valence-electron chi connectivity index (χ2n) is 7.24. The molecule has 2 N–H and O–H groups in total. The Balaban J connectivity index is 2.24. The largest absolute Gasteiger partial charge is 0.445 e. The average molecular weight is 348 g/mol. The van der Waals surface area contributed by atoms with Gasteiger partial charge in [-0.25, -0.2) is 4.79 Å². The van der Waals surface area contributed by atoms with E-state index >= 15 is 0 Å². The van der Waals surface area contributed by atoms with Crippen LogP contribution in [0.1, 0.15) is 58.9 Å². The van der Waals surface area contributed by atoms with Crippen molar-refractivity contribution in [2.24, 2.45) is 11.8 Å². The van der Waals surface area contributed by atoms with Gasteiger partial charge in [0.25, 0.3) is 0 Å². The third kappa shape index (κ3) is 10.4. The minimum atomic E-state index is -0.390. The lowest BCUT2D eigenvalue weighted by molar-refractivity contribution is -0.116. The molecule has 0 aromatic heterocycles. The number of hydrogen-bond donors (Lipinski definition) is 2. The molecule has 0 bridgehead atoms. The summed E-state index contributed by atoms with van der Waals surface area (Å²) in [4.78, 5) is 23.4. The summed E-state index contributed by atoms with van der Waals surface area (Å²) in [5, 5.41) is 5.62. The van der Waals surface area contributed by atoms with Crippen molar-refractivity contribution in [2.75, 3.05) is 11.9 Å². The summed E-state index contributed by atoms with van der Waals surface area (Å²) >= 11 is 0. The highest BCUT2D eigenvalue weighted by atomic mass is 16.5. The van der Waals surface area contributed by atoms with Crippen LogP contribution in [0, 0.1) is 11.8 Å². The molecule has 0 atom stereocenters. The van der Waals surface area contributed by atoms with E-state index in [2.05, 4.69) is 24.5 Å². The molecule has 1 rings (SSSR count). The molecule has 0 unspecified atom stereocenters. The van der Waals surface area contributed by atoms with Crippen LogP contribution in [0.5, 0.6) is 0 Å². The normalized spacial score (nSPS) is 10.8. The fourth-order valence-electron chi connectivity index (χ4n) is 2.34. The Hall–Kier alpha value is -2.04. The molecule has 0 aliphatic heterocycles. The van der Waals surface area contributed by atoms with Gasteiger partial charge in [0.05, 0.1) is 0 Å². The average Bonchev–Trinajstić information content (AvgIpc) is 2.52. The minimum Gasteiger partial charge on any atom is -0.445 e. The summed E-state index contributed by atoms with van der Waals surface area (Å²) in [7, 11) is 0. The SMILES string of the molecule is CC(C)CCCCNC(=O)OCc1ccc(NC(=O)CC(C)C)cc1. The number of rotatable bonds is 10. The summed E-state index contributed by atoms with van der Waals surface area (Å²) in [6.45, 7) is 9.28. The molecule has 25 heavy (non-hydrogen) atoms. The lowest BCUT2D eigenvalue weighted by atomic mass is 10.1. The molecule has 0 saturated heterocycles. The van der Waals surface area contributed by atoms with Crippen LogP contribution in [-0.4, -0.2) is 18.5 Å². The van der Waals surface area contributed by atoms with Crippen molar-refractivity contribution >= 4 is 17.7 Å². The molecule has 0 radical (unpaired) electrons. The maximum absolute atomic E-state index is 11.7. The van der Waals surface area contributed by atoms with E-state index < -0.39 is 0 Å². The molecule has 1 aromatic rings. The van der Waals surface area contributed by atoms with Crippen LogP contribution in [0.25, 0.3) is 0 Å². The van der Waals surface area contributed by atoms with Crippen molar-refractivity contribution in [2.45, 2.75) is 60.0 Å². The fourth-order valence-corrected chi connectivity index (χ4v) is 2.34. The molecule has 5 heteroatoms. The Bertz CT molecular complexity index is 524. The number of carbonyl (C=O) groups excluding carboxylic acids is 2. The number of alkyl carbamates (subject to hydrolysis) is 1. The second kappa shape index (κ2) is 11.5. The van der Waals surface area contributed by atoms with Gasteiger partial charge in [-0.3, -0.25) is 4.79 Å². The maximum atomic E-state index is 11.7. The van der Waals surface area contributed by atoms with Gasteiger partial charge in [-0.1, -0.05) is 52.7 Å². The second-order valence-corrected chi connectivity index (χ2v) is 7.24. The van der Waals surface area contributed by atoms with Gasteiger partial charge in [0.15, 0.2) is 0 Å². The molecule has 2 amide bonds. The standard InChI is InChI=1S/C20H32N2O3/c1-15(2)7-5-6-12-21-20(24)25-14-17-8-10-18(11-9-17)22-19(23)13-16(3)4/h8-11,15-16H,5-7,12-14H2,1-4H3,(H,21,24)(H,22,23). The van der Waals surface area contributed by atoms with E-state index in [-0.39, 0.29) is 18.6 Å². The fraction of sp³-hybridized carbons (Fsp3) is 0.600. The smallest absolute Gasteiger partial charge is 0.407 e. The number of benzene rings is 1. The van der Waals surface area contributed by atoms with E-state index in [1.807, 2.05) is 38.1 Å². The Labute approximate surface area is 151 Å². The number of carbonyl (C=O) groups is 2. The van der Waals surface area contributed by atoms with Crippen molar-refractivity contribution in [1.29, 1.82) is 0 Å². The van der Waals surface area contributed by atoms with Gasteiger partial charge < -0.3 is 15.4 Å². The van der Waals surface area contributed by atoms with Gasteiger partial charge in [-0.05, 0) is 36.0 Å². The molecule has 0 aliphatic rings. The topological polar surface area (TPSA) is 67.4 Å². The monoisotopic (exact) mass is 348 g/mol. The highest BCUT2D eigenvalue weighted by Gasteiger charge is 2.06. The first kappa shape index (κ1) is 21.0. The predicted molar refractivity (Wildman–Crippen MR) is 101 cm³/mol. The summed E-state index contributed by atoms with van der Waals surface area (Å²) < 4.78 is 5.19. The minimum absolute atomic E-state index is 0.0100. The van der Waals surface area contributed by atoms with Crippen LogP contribution in [0.3, 0.4) is 0 Å². The summed E-state index contributed by atoms with van der Waals surface area (Å²) in [5.41, 5.74) is 1.64. The molecule has 0 saturated carbocycles. The predicted octanol–water partition coefficient (Wildman–Crippen LogP) is 4.72. The summed E-state index contributed by atoms with van der Waals surface area (Å²) in [6, 6.07) is 7.34. The van der Waals surface area contributed by atoms with Gasteiger partial charge in [-0.2, -0.15) is 0 Å². The zero-order valence-corrected chi connectivity index (χ0v) is 15.9. The van der Waals surface area contributed by atoms with Gasteiger partial charge in [0, 0.05) is 18.7 Å². The van der Waals surface area contributed by atoms with E-state index in [1.54, 1.807) is 0 Å². The van der Waals surface area contributed by atoms with E-state index in [0.717, 1.165) is 24.1 Å². The molecule has 0 heterocycles. The van der Waals surface area contributed by atoms with E-state index in [0.29, 0.717) is 24.8 Å². The van der Waals surface area contributed by atoms with E-state index in [1.165, 1.54) is 6.42 Å². The quantitative estimate of drug-likeness (QED) is 0.601. The number of anilines is 1. The lowest BCUT2D eigenvalue weighted by Gasteiger charge is -2.09. The van der Waals surface area contributed by atoms with Crippen LogP contribution in [0.15, 0.2) is 24.3 Å². The Morgan fingerprint density at radius 2 is 1.68 bits per heavy atom. The van der Waals surface area contributed by atoms with E-state index in [9.17, 15) is 9.59 Å². The molecule has 0 fully saturated rings. The molecule has 1 aromatic carbocycles. The number of hydrogen-bond acceptors (Lipinski definition) is 3. The van der Waals surface area contributed by atoms with Gasteiger partial charge in [-0.15, -0.1) is 0 Å². The van der Waals surface area contributed by atoms with Crippen molar-refractivity contribution < 1.29 is 14.3 Å². The Kier molecular flexibility index (Phi) is 9.66. The number of nitrogens with one attached hydrogen (secondary N) is 2. The van der Waals surface area contributed by atoms with Crippen molar-refractivity contribution in [3.05, 3.63) is 29.8 Å². The molecule has 140 valence electrons. The summed E-state index contributed by atoms with van der Waals surface area (Å²) in [6.07, 6.45) is 3.37. The molecular formula is C20H32N2O3. The molecule has 5 nitrogen and oxygen atoms in total. The van der Waals surface area contributed by atoms with Crippen LogP contribution in [0.4, 0.5) is 10.5 Å². The van der Waals surface area contributed by atoms with Crippen LogP contribution >= 0.6 is 0 Å². The van der Waals surface area contributed by atoms with Gasteiger partial charge in [0.1, 0.15) is 6.61 Å². The third-order valence-electron chi connectivity index (χ3n) is 3.68. The zero-order valence-electron chi connectivity index (χ0n) is 15.9. The molecular weight excluding hydrogens is 316 g/mol. The van der Waals surface area contributed by atoms with Crippen LogP contribution < -0.4 is 10.6 Å². The Morgan fingerprint density at radius 3 is 2.28 bits per heavy atom. The first-order chi connectivity index (χ1) is 11.9. The summed E-state index contributed by atoms with van der Waals surface area (Å²) in [5.74, 6) is 1.04. The number of unbranched alkanes of at least 4 members (excludes halogenated alkanes) is 1. The van der Waals surface area contributed by atoms with Crippen LogP contribution in [-0.2, 0) is 16.1 Å².